The third kappa shape index (κ3) is 3.57. The number of aliphatic hydroxyl groups excluding tert-OH is 1. The van der Waals surface area contributed by atoms with Gasteiger partial charge in [0, 0.05) is 0 Å². The van der Waals surface area contributed by atoms with Gasteiger partial charge in [0.2, 0.25) is 0 Å². The average Bonchev–Trinajstić information content (AvgIpc) is 1.81. The molecule has 0 spiro atoms. The Morgan fingerprint density at radius 1 is 1.36 bits per heavy atom. The summed E-state index contributed by atoms with van der Waals surface area (Å²) in [7, 11) is 0. The van der Waals surface area contributed by atoms with Crippen molar-refractivity contribution in [1.82, 2.24) is 0 Å². The van der Waals surface area contributed by atoms with Crippen LogP contribution in [0, 0.1) is 5.92 Å². The van der Waals surface area contributed by atoms with Crippen molar-refractivity contribution in [2.75, 3.05) is 0 Å². The number of hydrogen-bond donors (Lipinski definition) is 3. The lowest BCUT2D eigenvalue weighted by Gasteiger charge is -2.11. The highest BCUT2D eigenvalue weighted by atomic mass is 16.4. The predicted octanol–water partition coefficient (Wildman–Crippen LogP) is -0.457. The second-order valence-electron chi connectivity index (χ2n) is 2.28. The first kappa shape index (κ1) is 9.90. The molecule has 0 aromatic rings. The molecule has 0 bridgehead atoms. The zero-order valence-electron chi connectivity index (χ0n) is 6.02. The predicted molar refractivity (Wildman–Crippen MR) is 35.1 cm³/mol. The van der Waals surface area contributed by atoms with Gasteiger partial charge < -0.3 is 15.3 Å². The van der Waals surface area contributed by atoms with Crippen molar-refractivity contribution < 1.29 is 24.9 Å². The first-order chi connectivity index (χ1) is 4.95. The highest BCUT2D eigenvalue weighted by Gasteiger charge is 2.25. The van der Waals surface area contributed by atoms with E-state index in [0.29, 0.717) is 0 Å². The summed E-state index contributed by atoms with van der Waals surface area (Å²) in [4.78, 5) is 20.3. The van der Waals surface area contributed by atoms with Gasteiger partial charge >= 0.3 is 11.9 Å². The van der Waals surface area contributed by atoms with Crippen molar-refractivity contribution in [1.29, 1.82) is 0 Å². The third-order valence-electron chi connectivity index (χ3n) is 1.29. The number of aliphatic hydroxyl groups is 1. The van der Waals surface area contributed by atoms with E-state index < -0.39 is 30.4 Å². The van der Waals surface area contributed by atoms with E-state index in [-0.39, 0.29) is 0 Å². The Morgan fingerprint density at radius 2 is 1.82 bits per heavy atom. The molecule has 0 heterocycles. The number of carboxylic acids is 2. The van der Waals surface area contributed by atoms with Crippen LogP contribution in [-0.4, -0.2) is 33.4 Å². The van der Waals surface area contributed by atoms with Gasteiger partial charge in [-0.15, -0.1) is 0 Å². The maximum absolute atomic E-state index is 10.3. The summed E-state index contributed by atoms with van der Waals surface area (Å²) in [5, 5.41) is 25.4. The summed E-state index contributed by atoms with van der Waals surface area (Å²) in [6, 6.07) is 0. The van der Waals surface area contributed by atoms with Gasteiger partial charge in [0.1, 0.15) is 0 Å². The van der Waals surface area contributed by atoms with E-state index >= 15 is 0 Å². The SMILES string of the molecule is CC(O)C(CC(=O)O)C(=O)O. The molecule has 2 atom stereocenters. The first-order valence-corrected chi connectivity index (χ1v) is 3.07. The average molecular weight is 162 g/mol. The lowest BCUT2D eigenvalue weighted by Crippen LogP contribution is -2.27. The quantitative estimate of drug-likeness (QED) is 0.520. The summed E-state index contributed by atoms with van der Waals surface area (Å²) in [5.41, 5.74) is 0. The fraction of sp³-hybridized carbons (Fsp3) is 0.667. The molecular weight excluding hydrogens is 152 g/mol. The minimum Gasteiger partial charge on any atom is -0.481 e. The van der Waals surface area contributed by atoms with E-state index in [1.165, 1.54) is 6.92 Å². The van der Waals surface area contributed by atoms with Gasteiger partial charge in [0.15, 0.2) is 0 Å². The van der Waals surface area contributed by atoms with Crippen molar-refractivity contribution in [2.24, 2.45) is 5.92 Å². The van der Waals surface area contributed by atoms with Crippen LogP contribution in [0.4, 0.5) is 0 Å². The van der Waals surface area contributed by atoms with E-state index in [0.717, 1.165) is 0 Å². The van der Waals surface area contributed by atoms with Crippen LogP contribution < -0.4 is 0 Å². The molecule has 5 nitrogen and oxygen atoms in total. The summed E-state index contributed by atoms with van der Waals surface area (Å²) in [6.45, 7) is 1.25. The van der Waals surface area contributed by atoms with E-state index in [9.17, 15) is 9.59 Å². The molecular formula is C6H10O5. The number of carbonyl (C=O) groups is 2. The fourth-order valence-electron chi connectivity index (χ4n) is 0.652. The summed E-state index contributed by atoms with van der Waals surface area (Å²) in [5.74, 6) is -3.73. The number of hydrogen-bond acceptors (Lipinski definition) is 3. The number of carboxylic acid groups (broad SMARTS) is 2. The smallest absolute Gasteiger partial charge is 0.309 e. The topological polar surface area (TPSA) is 94.8 Å². The molecule has 0 aliphatic rings. The van der Waals surface area contributed by atoms with E-state index in [4.69, 9.17) is 15.3 Å². The molecule has 0 saturated carbocycles. The largest absolute Gasteiger partial charge is 0.481 e. The van der Waals surface area contributed by atoms with Gasteiger partial charge in [-0.3, -0.25) is 9.59 Å². The van der Waals surface area contributed by atoms with Crippen LogP contribution in [0.2, 0.25) is 0 Å². The van der Waals surface area contributed by atoms with E-state index in [2.05, 4.69) is 0 Å². The van der Waals surface area contributed by atoms with Gasteiger partial charge in [0.05, 0.1) is 18.4 Å². The standard InChI is InChI=1S/C6H10O5/c1-3(7)4(6(10)11)2-5(8)9/h3-4,7H,2H2,1H3,(H,8,9)(H,10,11). The molecule has 0 aliphatic heterocycles. The molecule has 11 heavy (non-hydrogen) atoms. The monoisotopic (exact) mass is 162 g/mol. The van der Waals surface area contributed by atoms with Crippen molar-refractivity contribution in [3.05, 3.63) is 0 Å². The zero-order valence-corrected chi connectivity index (χ0v) is 6.02. The summed E-state index contributed by atoms with van der Waals surface area (Å²) >= 11 is 0. The molecule has 0 aromatic heterocycles. The molecule has 5 heteroatoms. The first-order valence-electron chi connectivity index (χ1n) is 3.07. The normalized spacial score (nSPS) is 15.5. The highest BCUT2D eigenvalue weighted by molar-refractivity contribution is 5.78. The van der Waals surface area contributed by atoms with Crippen LogP contribution in [-0.2, 0) is 9.59 Å². The van der Waals surface area contributed by atoms with Crippen LogP contribution >= 0.6 is 0 Å². The van der Waals surface area contributed by atoms with Crippen molar-refractivity contribution in [3.8, 4) is 0 Å². The molecule has 0 rings (SSSR count). The Kier molecular flexibility index (Phi) is 3.53. The molecule has 0 aromatic carbocycles. The second kappa shape index (κ2) is 3.92. The molecule has 64 valence electrons. The summed E-state index contributed by atoms with van der Waals surface area (Å²) < 4.78 is 0. The Balaban J connectivity index is 4.12. The molecule has 0 amide bonds. The fourth-order valence-corrected chi connectivity index (χ4v) is 0.652. The lowest BCUT2D eigenvalue weighted by atomic mass is 10.0. The minimum absolute atomic E-state index is 0.549. The van der Waals surface area contributed by atoms with Crippen LogP contribution in [0.25, 0.3) is 0 Å². The Hall–Kier alpha value is -1.10. The van der Waals surface area contributed by atoms with Crippen molar-refractivity contribution >= 4 is 11.9 Å². The van der Waals surface area contributed by atoms with E-state index in [1.54, 1.807) is 0 Å². The van der Waals surface area contributed by atoms with Crippen molar-refractivity contribution in [3.63, 3.8) is 0 Å². The van der Waals surface area contributed by atoms with Gasteiger partial charge in [-0.25, -0.2) is 0 Å². The molecule has 0 radical (unpaired) electrons. The van der Waals surface area contributed by atoms with Gasteiger partial charge in [-0.05, 0) is 6.92 Å². The number of rotatable bonds is 4. The molecule has 3 N–H and O–H groups in total. The lowest BCUT2D eigenvalue weighted by molar-refractivity contribution is -0.151. The van der Waals surface area contributed by atoms with E-state index in [1.807, 2.05) is 0 Å². The molecule has 0 fully saturated rings. The Labute approximate surface area is 63.3 Å². The highest BCUT2D eigenvalue weighted by Crippen LogP contribution is 2.08. The van der Waals surface area contributed by atoms with Crippen LogP contribution in [0.15, 0.2) is 0 Å². The number of aliphatic carboxylic acids is 2. The Morgan fingerprint density at radius 3 is 1.91 bits per heavy atom. The Bertz CT molecular complexity index is 162. The van der Waals surface area contributed by atoms with Gasteiger partial charge in [0.25, 0.3) is 0 Å². The van der Waals surface area contributed by atoms with Gasteiger partial charge in [-0.2, -0.15) is 0 Å². The van der Waals surface area contributed by atoms with Crippen LogP contribution in [0.1, 0.15) is 13.3 Å². The van der Waals surface area contributed by atoms with Crippen LogP contribution in [0.3, 0.4) is 0 Å². The van der Waals surface area contributed by atoms with Gasteiger partial charge in [-0.1, -0.05) is 0 Å². The maximum atomic E-state index is 10.3. The molecule has 0 saturated heterocycles. The summed E-state index contributed by atoms with van der Waals surface area (Å²) in [6.07, 6.45) is -1.68. The molecule has 0 aliphatic carbocycles. The second-order valence-corrected chi connectivity index (χ2v) is 2.28. The third-order valence-corrected chi connectivity index (χ3v) is 1.29. The molecule has 2 unspecified atom stereocenters. The zero-order chi connectivity index (χ0) is 9.02. The maximum Gasteiger partial charge on any atom is 0.309 e. The van der Waals surface area contributed by atoms with Crippen molar-refractivity contribution in [2.45, 2.75) is 19.4 Å². The minimum atomic E-state index is -1.29. The van der Waals surface area contributed by atoms with Crippen LogP contribution in [0.5, 0.6) is 0 Å².